The second-order valence-corrected chi connectivity index (χ2v) is 17.6. The van der Waals surface area contributed by atoms with Crippen LogP contribution in [-0.2, 0) is 0 Å². The zero-order valence-corrected chi connectivity index (χ0v) is 39.9. The van der Waals surface area contributed by atoms with Gasteiger partial charge >= 0.3 is 0 Å². The van der Waals surface area contributed by atoms with Crippen LogP contribution in [0.3, 0.4) is 0 Å². The molecule has 0 atom stereocenters. The van der Waals surface area contributed by atoms with Crippen molar-refractivity contribution in [3.05, 3.63) is 196 Å². The van der Waals surface area contributed by atoms with Crippen molar-refractivity contribution in [2.24, 2.45) is 0 Å². The van der Waals surface area contributed by atoms with Crippen LogP contribution in [-0.4, -0.2) is 91.6 Å². The standard InChI is InChI=1S/C54H51B10N/c1-3-41(55)45(35-18-9-6-10-19-35)48(59)43(57)30-65(54-52(63)50(61)47(51(62)53(54)64)36-27-25-33(26-28-36)32-15-7-5-8-16-32)31-44(58)49(60)46(42(56)4-2)38-22-13-21-37(29-38)40-24-14-20-34-17-11-12-23-39(34)40/h1-2,5-29H,30-31,55-64H2/b45-41+,46-42+,48-43-,49-44-. The molecule has 0 unspecified atom stereocenters. The van der Waals surface area contributed by atoms with Gasteiger partial charge in [0, 0.05) is 18.8 Å². The van der Waals surface area contributed by atoms with E-state index in [0.717, 1.165) is 33.2 Å². The maximum atomic E-state index is 6.28. The predicted molar refractivity (Wildman–Crippen MR) is 315 cm³/mol. The molecule has 0 aliphatic heterocycles. The molecule has 0 saturated carbocycles. The summed E-state index contributed by atoms with van der Waals surface area (Å²) in [7, 11) is 22.3. The Labute approximate surface area is 397 Å². The van der Waals surface area contributed by atoms with Gasteiger partial charge in [0.15, 0.2) is 15.7 Å². The second kappa shape index (κ2) is 20.4. The summed E-state index contributed by atoms with van der Waals surface area (Å²) in [4.78, 5) is 2.59. The summed E-state index contributed by atoms with van der Waals surface area (Å²) in [6, 6.07) is 54.2. The molecule has 0 bridgehead atoms. The first-order chi connectivity index (χ1) is 31.3. The molecule has 302 valence electrons. The van der Waals surface area contributed by atoms with Gasteiger partial charge in [-0.2, -0.15) is 0 Å². The first kappa shape index (κ1) is 46.3. The molecule has 0 amide bonds. The van der Waals surface area contributed by atoms with E-state index in [-0.39, 0.29) is 0 Å². The SMILES string of the molecule is B/C(CN(C/C(B)=C(B)\C(=C(\B)C#C)c1cccc(-c2cccc3ccccc23)c1)c1c(B)c(B)c(-c2ccc(-c3ccccc3)cc2)c(B)c1B)=C(B)/C(=C(/B)C#C)c1ccccc1. The lowest BCUT2D eigenvalue weighted by atomic mass is 9.64. The van der Waals surface area contributed by atoms with E-state index in [1.807, 2.05) is 0 Å². The van der Waals surface area contributed by atoms with E-state index in [2.05, 4.69) is 247 Å². The molecule has 0 radical (unpaired) electrons. The maximum Gasteiger partial charge on any atom is 0.151 e. The number of benzene rings is 7. The summed E-state index contributed by atoms with van der Waals surface area (Å²) in [5.74, 6) is 6.00. The van der Waals surface area contributed by atoms with Crippen molar-refractivity contribution in [1.82, 2.24) is 0 Å². The largest absolute Gasteiger partial charge is 0.366 e. The average Bonchev–Trinajstić information content (AvgIpc) is 3.34. The molecule has 0 N–H and O–H groups in total. The number of terminal acetylenes is 2. The molecule has 0 aliphatic carbocycles. The fraction of sp³-hybridized carbons (Fsp3) is 0.0370. The fourth-order valence-electron chi connectivity index (χ4n) is 9.61. The fourth-order valence-corrected chi connectivity index (χ4v) is 9.61. The van der Waals surface area contributed by atoms with Gasteiger partial charge in [0.05, 0.1) is 0 Å². The van der Waals surface area contributed by atoms with Crippen LogP contribution >= 0.6 is 0 Å². The van der Waals surface area contributed by atoms with Gasteiger partial charge in [-0.3, -0.25) is 0 Å². The lowest BCUT2D eigenvalue weighted by Crippen LogP contribution is -2.49. The third-order valence-electron chi connectivity index (χ3n) is 13.6. The van der Waals surface area contributed by atoms with Crippen molar-refractivity contribution < 1.29 is 0 Å². The topological polar surface area (TPSA) is 3.24 Å². The van der Waals surface area contributed by atoms with Crippen LogP contribution in [0, 0.1) is 24.7 Å². The minimum Gasteiger partial charge on any atom is -0.366 e. The molecule has 0 aromatic heterocycles. The number of hydrogen-bond donors (Lipinski definition) is 0. The number of rotatable bonds is 12. The minimum atomic E-state index is 0.699. The first-order valence-electron chi connectivity index (χ1n) is 22.7. The zero-order valence-electron chi connectivity index (χ0n) is 39.9. The smallest absolute Gasteiger partial charge is 0.151 e. The molecular formula is C54H51B10N. The highest BCUT2D eigenvalue weighted by atomic mass is 15.1. The van der Waals surface area contributed by atoms with Crippen LogP contribution in [0.1, 0.15) is 11.1 Å². The van der Waals surface area contributed by atoms with E-state index in [1.54, 1.807) is 0 Å². The van der Waals surface area contributed by atoms with E-state index in [0.29, 0.717) is 13.1 Å². The minimum absolute atomic E-state index is 0.699. The van der Waals surface area contributed by atoms with E-state index in [9.17, 15) is 0 Å². The molecule has 65 heavy (non-hydrogen) atoms. The van der Waals surface area contributed by atoms with Crippen LogP contribution in [0.2, 0.25) is 0 Å². The number of hydrogen-bond acceptors (Lipinski definition) is 1. The molecule has 0 spiro atoms. The summed E-state index contributed by atoms with van der Waals surface area (Å²) >= 11 is 0. The second-order valence-electron chi connectivity index (χ2n) is 17.6. The Morgan fingerprint density at radius 1 is 0.446 bits per heavy atom. The summed E-state index contributed by atoms with van der Waals surface area (Å²) in [5, 5.41) is 2.46. The molecule has 11 heteroatoms. The Balaban J connectivity index is 1.36. The van der Waals surface area contributed by atoms with Crippen LogP contribution < -0.4 is 26.8 Å². The normalized spacial score (nSPS) is 12.8. The number of nitrogens with zero attached hydrogens (tertiary/aromatic N) is 1. The van der Waals surface area contributed by atoms with Gasteiger partial charge in [0.25, 0.3) is 0 Å². The molecule has 7 rings (SSSR count). The Morgan fingerprint density at radius 2 is 0.892 bits per heavy atom. The number of fused-ring (bicyclic) bond motifs is 1. The van der Waals surface area contributed by atoms with Crippen LogP contribution in [0.25, 0.3) is 55.3 Å². The van der Waals surface area contributed by atoms with E-state index >= 15 is 0 Å². The highest BCUT2D eigenvalue weighted by Crippen LogP contribution is 2.34. The molecule has 0 heterocycles. The zero-order chi connectivity index (χ0) is 46.4. The van der Waals surface area contributed by atoms with Crippen molar-refractivity contribution in [3.8, 4) is 58.1 Å². The summed E-state index contributed by atoms with van der Waals surface area (Å²) < 4.78 is 0. The number of anilines is 1. The van der Waals surface area contributed by atoms with Gasteiger partial charge < -0.3 is 4.90 Å². The molecule has 0 aliphatic rings. The van der Waals surface area contributed by atoms with Crippen molar-refractivity contribution >= 4 is 128 Å². The van der Waals surface area contributed by atoms with Crippen molar-refractivity contribution in [3.63, 3.8) is 0 Å². The summed E-state index contributed by atoms with van der Waals surface area (Å²) in [6.07, 6.45) is 12.4. The van der Waals surface area contributed by atoms with Crippen molar-refractivity contribution in [2.75, 3.05) is 18.0 Å². The third-order valence-corrected chi connectivity index (χ3v) is 13.6. The van der Waals surface area contributed by atoms with Gasteiger partial charge in [0.2, 0.25) is 0 Å². The molecule has 0 saturated heterocycles. The Hall–Kier alpha value is -6.67. The van der Waals surface area contributed by atoms with Gasteiger partial charge in [-0.15, -0.1) is 12.8 Å². The highest BCUT2D eigenvalue weighted by molar-refractivity contribution is 6.62. The third kappa shape index (κ3) is 9.73. The lowest BCUT2D eigenvalue weighted by molar-refractivity contribution is 0.943. The summed E-state index contributed by atoms with van der Waals surface area (Å²) in [5.41, 5.74) is 25.0. The monoisotopic (exact) mass is 823 g/mol. The van der Waals surface area contributed by atoms with Crippen molar-refractivity contribution in [2.45, 2.75) is 0 Å². The summed E-state index contributed by atoms with van der Waals surface area (Å²) in [6.45, 7) is 1.41. The van der Waals surface area contributed by atoms with E-state index < -0.39 is 0 Å². The Bertz CT molecular complexity index is 3120. The lowest BCUT2D eigenvalue weighted by Gasteiger charge is -2.34. The average molecular weight is 822 g/mol. The highest BCUT2D eigenvalue weighted by Gasteiger charge is 2.23. The van der Waals surface area contributed by atoms with Crippen LogP contribution in [0.4, 0.5) is 5.69 Å². The van der Waals surface area contributed by atoms with Crippen LogP contribution in [0.15, 0.2) is 184 Å². The van der Waals surface area contributed by atoms with Gasteiger partial charge in [-0.25, -0.2) is 0 Å². The Morgan fingerprint density at radius 3 is 1.48 bits per heavy atom. The van der Waals surface area contributed by atoms with Gasteiger partial charge in [-0.05, 0) is 83.4 Å². The molecule has 1 nitrogen and oxygen atoms in total. The quantitative estimate of drug-likeness (QED) is 0.0955. The maximum absolute atomic E-state index is 6.28. The van der Waals surface area contributed by atoms with Crippen LogP contribution in [0.5, 0.6) is 0 Å². The molecular weight excluding hydrogens is 771 g/mol. The molecule has 0 fully saturated rings. The predicted octanol–water partition coefficient (Wildman–Crippen LogP) is -0.00840. The first-order valence-corrected chi connectivity index (χ1v) is 22.7. The van der Waals surface area contributed by atoms with E-state index in [4.69, 9.17) is 12.8 Å². The van der Waals surface area contributed by atoms with E-state index in [1.165, 1.54) is 93.6 Å². The molecule has 7 aromatic carbocycles. The van der Waals surface area contributed by atoms with Crippen molar-refractivity contribution in [1.29, 1.82) is 0 Å². The Kier molecular flexibility index (Phi) is 14.6. The van der Waals surface area contributed by atoms with Gasteiger partial charge in [0.1, 0.15) is 62.8 Å². The number of allylic oxidation sites excluding steroid dienone is 6. The molecule has 7 aromatic rings. The van der Waals surface area contributed by atoms with Gasteiger partial charge in [-0.1, -0.05) is 201 Å².